The van der Waals surface area contributed by atoms with Crippen LogP contribution >= 0.6 is 12.2 Å². The molecular weight excluding hydrogens is 244 g/mol. The number of nitrogens with zero attached hydrogens (tertiary/aromatic N) is 2. The highest BCUT2D eigenvalue weighted by Crippen LogP contribution is 2.20. The Morgan fingerprint density at radius 3 is 2.44 bits per heavy atom. The van der Waals surface area contributed by atoms with Crippen molar-refractivity contribution in [1.82, 2.24) is 4.90 Å². The average molecular weight is 260 g/mol. The van der Waals surface area contributed by atoms with Crippen LogP contribution < -0.4 is 4.74 Å². The van der Waals surface area contributed by atoms with E-state index in [2.05, 4.69) is 11.0 Å². The van der Waals surface area contributed by atoms with E-state index in [9.17, 15) is 0 Å². The summed E-state index contributed by atoms with van der Waals surface area (Å²) in [6, 6.07) is 10.1. The fourth-order valence-electron chi connectivity index (χ4n) is 2.13. The van der Waals surface area contributed by atoms with Gasteiger partial charge in [-0.3, -0.25) is 0 Å². The van der Waals surface area contributed by atoms with Gasteiger partial charge < -0.3 is 9.64 Å². The summed E-state index contributed by atoms with van der Waals surface area (Å²) in [5.41, 5.74) is 1.04. The second-order valence-electron chi connectivity index (χ2n) is 4.42. The van der Waals surface area contributed by atoms with E-state index < -0.39 is 0 Å². The van der Waals surface area contributed by atoms with E-state index in [1.807, 2.05) is 24.3 Å². The fourth-order valence-corrected chi connectivity index (χ4v) is 2.45. The van der Waals surface area contributed by atoms with E-state index in [0.29, 0.717) is 0 Å². The van der Waals surface area contributed by atoms with Gasteiger partial charge in [0.05, 0.1) is 13.2 Å². The number of rotatable bonds is 2. The van der Waals surface area contributed by atoms with E-state index in [0.717, 1.165) is 42.2 Å². The molecule has 2 rings (SSSR count). The molecule has 0 bridgehead atoms. The molecule has 1 fully saturated rings. The number of piperidine rings is 1. The van der Waals surface area contributed by atoms with Gasteiger partial charge in [-0.05, 0) is 37.1 Å². The van der Waals surface area contributed by atoms with Gasteiger partial charge in [-0.2, -0.15) is 5.26 Å². The Bertz CT molecular complexity index is 456. The first-order valence-electron chi connectivity index (χ1n) is 6.07. The summed E-state index contributed by atoms with van der Waals surface area (Å²) < 4.78 is 5.13. The normalized spacial score (nSPS) is 16.1. The predicted molar refractivity (Wildman–Crippen MR) is 74.6 cm³/mol. The average Bonchev–Trinajstić information content (AvgIpc) is 2.47. The molecule has 0 aromatic heterocycles. The number of nitriles is 1. The lowest BCUT2D eigenvalue weighted by atomic mass is 9.98. The van der Waals surface area contributed by atoms with E-state index in [4.69, 9.17) is 22.2 Å². The van der Waals surface area contributed by atoms with Crippen LogP contribution in [0.4, 0.5) is 0 Å². The van der Waals surface area contributed by atoms with Crippen LogP contribution in [-0.2, 0) is 0 Å². The monoisotopic (exact) mass is 260 g/mol. The second-order valence-corrected chi connectivity index (χ2v) is 4.81. The second kappa shape index (κ2) is 5.83. The zero-order chi connectivity index (χ0) is 13.0. The summed E-state index contributed by atoms with van der Waals surface area (Å²) in [4.78, 5) is 3.05. The molecule has 18 heavy (non-hydrogen) atoms. The minimum absolute atomic E-state index is 0.194. The van der Waals surface area contributed by atoms with Crippen LogP contribution in [0.3, 0.4) is 0 Å². The molecule has 4 heteroatoms. The molecule has 94 valence electrons. The van der Waals surface area contributed by atoms with Crippen LogP contribution in [0.2, 0.25) is 0 Å². The van der Waals surface area contributed by atoms with Crippen molar-refractivity contribution in [2.45, 2.75) is 12.8 Å². The first-order valence-corrected chi connectivity index (χ1v) is 6.48. The Kier molecular flexibility index (Phi) is 4.16. The molecule has 1 heterocycles. The number of thiocarbonyl (C=S) groups is 1. The van der Waals surface area contributed by atoms with Crippen molar-refractivity contribution < 1.29 is 4.74 Å². The Hall–Kier alpha value is -1.60. The van der Waals surface area contributed by atoms with Crippen molar-refractivity contribution in [3.8, 4) is 11.8 Å². The van der Waals surface area contributed by atoms with Gasteiger partial charge in [-0.1, -0.05) is 12.2 Å². The molecule has 0 saturated carbocycles. The third-order valence-electron chi connectivity index (χ3n) is 3.30. The number of likely N-dealkylation sites (tertiary alicyclic amines) is 1. The van der Waals surface area contributed by atoms with Crippen LogP contribution in [0.25, 0.3) is 0 Å². The zero-order valence-electron chi connectivity index (χ0n) is 10.4. The highest BCUT2D eigenvalue weighted by Gasteiger charge is 2.20. The van der Waals surface area contributed by atoms with Gasteiger partial charge >= 0.3 is 0 Å². The Morgan fingerprint density at radius 2 is 1.94 bits per heavy atom. The number of ether oxygens (including phenoxy) is 1. The van der Waals surface area contributed by atoms with Gasteiger partial charge in [-0.15, -0.1) is 0 Å². The minimum Gasteiger partial charge on any atom is -0.497 e. The van der Waals surface area contributed by atoms with Crippen molar-refractivity contribution in [1.29, 1.82) is 5.26 Å². The topological polar surface area (TPSA) is 36.3 Å². The summed E-state index contributed by atoms with van der Waals surface area (Å²) >= 11 is 5.50. The molecule has 0 spiro atoms. The summed E-state index contributed by atoms with van der Waals surface area (Å²) in [6.07, 6.45) is 1.82. The molecule has 1 aromatic rings. The SMILES string of the molecule is COc1ccc(C(=S)N2CCC(C#N)CC2)cc1. The molecule has 3 nitrogen and oxygen atoms in total. The van der Waals surface area contributed by atoms with Gasteiger partial charge in [0.1, 0.15) is 10.7 Å². The highest BCUT2D eigenvalue weighted by atomic mass is 32.1. The zero-order valence-corrected chi connectivity index (χ0v) is 11.2. The Labute approximate surface area is 113 Å². The maximum absolute atomic E-state index is 8.88. The van der Waals surface area contributed by atoms with Crippen LogP contribution in [0, 0.1) is 17.2 Å². The molecule has 1 aliphatic rings. The third kappa shape index (κ3) is 2.80. The molecule has 0 radical (unpaired) electrons. The molecule has 1 aromatic carbocycles. The predicted octanol–water partition coefficient (Wildman–Crippen LogP) is 2.61. The summed E-state index contributed by atoms with van der Waals surface area (Å²) in [7, 11) is 1.65. The molecule has 0 N–H and O–H groups in total. The molecule has 0 atom stereocenters. The standard InChI is InChI=1S/C14H16N2OS/c1-17-13-4-2-12(3-5-13)14(18)16-8-6-11(10-15)7-9-16/h2-5,11H,6-9H2,1H3. The smallest absolute Gasteiger partial charge is 0.118 e. The van der Waals surface area contributed by atoms with Crippen LogP contribution in [0.5, 0.6) is 5.75 Å². The summed E-state index contributed by atoms with van der Waals surface area (Å²) in [5, 5.41) is 8.88. The minimum atomic E-state index is 0.194. The maximum Gasteiger partial charge on any atom is 0.118 e. The van der Waals surface area contributed by atoms with Gasteiger partial charge in [0.25, 0.3) is 0 Å². The van der Waals surface area contributed by atoms with E-state index in [1.54, 1.807) is 7.11 Å². The fraction of sp³-hybridized carbons (Fsp3) is 0.429. The first-order chi connectivity index (χ1) is 8.74. The van der Waals surface area contributed by atoms with Gasteiger partial charge in [0.2, 0.25) is 0 Å². The lowest BCUT2D eigenvalue weighted by Gasteiger charge is -2.31. The Morgan fingerprint density at radius 1 is 1.33 bits per heavy atom. The Balaban J connectivity index is 2.01. The molecule has 0 aliphatic carbocycles. The quantitative estimate of drug-likeness (QED) is 0.766. The van der Waals surface area contributed by atoms with Crippen molar-refractivity contribution in [3.63, 3.8) is 0 Å². The largest absolute Gasteiger partial charge is 0.497 e. The van der Waals surface area contributed by atoms with Crippen LogP contribution in [0.1, 0.15) is 18.4 Å². The van der Waals surface area contributed by atoms with Gasteiger partial charge in [0.15, 0.2) is 0 Å². The number of hydrogen-bond donors (Lipinski definition) is 0. The van der Waals surface area contributed by atoms with E-state index in [-0.39, 0.29) is 5.92 Å². The molecule has 0 amide bonds. The molecule has 0 unspecified atom stereocenters. The van der Waals surface area contributed by atoms with Gasteiger partial charge in [-0.25, -0.2) is 0 Å². The lowest BCUT2D eigenvalue weighted by molar-refractivity contribution is 0.307. The number of benzene rings is 1. The van der Waals surface area contributed by atoms with Crippen LogP contribution in [0.15, 0.2) is 24.3 Å². The van der Waals surface area contributed by atoms with Crippen molar-refractivity contribution in [2.75, 3.05) is 20.2 Å². The number of methoxy groups -OCH3 is 1. The summed E-state index contributed by atoms with van der Waals surface area (Å²) in [5.74, 6) is 1.03. The van der Waals surface area contributed by atoms with E-state index in [1.165, 1.54) is 0 Å². The molecule has 1 saturated heterocycles. The van der Waals surface area contributed by atoms with E-state index >= 15 is 0 Å². The first kappa shape index (κ1) is 12.8. The van der Waals surface area contributed by atoms with Crippen LogP contribution in [-0.4, -0.2) is 30.1 Å². The number of hydrogen-bond acceptors (Lipinski definition) is 3. The van der Waals surface area contributed by atoms with Crippen molar-refractivity contribution in [3.05, 3.63) is 29.8 Å². The lowest BCUT2D eigenvalue weighted by Crippen LogP contribution is -2.37. The maximum atomic E-state index is 8.88. The van der Waals surface area contributed by atoms with Crippen molar-refractivity contribution >= 4 is 17.2 Å². The van der Waals surface area contributed by atoms with Gasteiger partial charge in [0, 0.05) is 24.6 Å². The molecule has 1 aliphatic heterocycles. The van der Waals surface area contributed by atoms with Crippen molar-refractivity contribution in [2.24, 2.45) is 5.92 Å². The molecular formula is C14H16N2OS. The highest BCUT2D eigenvalue weighted by molar-refractivity contribution is 7.80. The summed E-state index contributed by atoms with van der Waals surface area (Å²) in [6.45, 7) is 1.76. The third-order valence-corrected chi connectivity index (χ3v) is 3.80.